The minimum atomic E-state index is -0.796. The van der Waals surface area contributed by atoms with E-state index in [9.17, 15) is 9.59 Å². The molecule has 0 N–H and O–H groups in total. The third-order valence-electron chi connectivity index (χ3n) is 7.33. The Morgan fingerprint density at radius 3 is 2.33 bits per heavy atom. The van der Waals surface area contributed by atoms with E-state index in [1.807, 2.05) is 103 Å². The van der Waals surface area contributed by atoms with E-state index in [4.69, 9.17) is 19.2 Å². The van der Waals surface area contributed by atoms with Gasteiger partial charge in [-0.15, -0.1) is 0 Å². The first-order chi connectivity index (χ1) is 22.4. The molecule has 46 heavy (non-hydrogen) atoms. The second-order valence-electron chi connectivity index (χ2n) is 10.3. The molecule has 6 rings (SSSR count). The van der Waals surface area contributed by atoms with Gasteiger partial charge in [-0.3, -0.25) is 9.36 Å². The van der Waals surface area contributed by atoms with Gasteiger partial charge in [-0.1, -0.05) is 84.1 Å². The number of aromatic nitrogens is 1. The summed E-state index contributed by atoms with van der Waals surface area (Å²) >= 11 is 8.55. The van der Waals surface area contributed by atoms with E-state index in [-0.39, 0.29) is 17.7 Å². The van der Waals surface area contributed by atoms with Crippen LogP contribution in [-0.2, 0) is 16.1 Å². The molecule has 0 aliphatic carbocycles. The number of esters is 1. The Kier molecular flexibility index (Phi) is 9.67. The Bertz CT molecular complexity index is 2100. The van der Waals surface area contributed by atoms with Crippen LogP contribution in [0.3, 0.4) is 0 Å². The summed E-state index contributed by atoms with van der Waals surface area (Å²) in [6.07, 6.45) is 1.82. The van der Waals surface area contributed by atoms with Crippen molar-refractivity contribution >= 4 is 60.9 Å². The van der Waals surface area contributed by atoms with Crippen LogP contribution in [0.4, 0.5) is 0 Å². The monoisotopic (exact) mass is 758 g/mol. The Balaban J connectivity index is 1.50. The number of hydrogen-bond acceptors (Lipinski definition) is 7. The van der Waals surface area contributed by atoms with Gasteiger partial charge < -0.3 is 14.2 Å². The SMILES string of the molecule is CCOC(=O)C1=C(c2ccccc2)N=c2s/c(=C\c3cc(Br)c(OCc4ccccc4)c(Br)c3)c(=O)n2[C@H]1c1cccc(OC)c1. The molecule has 0 spiro atoms. The fraction of sp³-hybridized carbons (Fsp3) is 0.139. The lowest BCUT2D eigenvalue weighted by atomic mass is 9.93. The molecule has 0 unspecified atom stereocenters. The number of carbonyl (C=O) groups is 1. The van der Waals surface area contributed by atoms with Crippen molar-refractivity contribution in [2.45, 2.75) is 19.6 Å². The van der Waals surface area contributed by atoms with Gasteiger partial charge in [-0.05, 0) is 85.8 Å². The van der Waals surface area contributed by atoms with Crippen LogP contribution in [0.5, 0.6) is 11.5 Å². The molecule has 0 amide bonds. The highest BCUT2D eigenvalue weighted by Crippen LogP contribution is 2.37. The Morgan fingerprint density at radius 1 is 0.957 bits per heavy atom. The van der Waals surface area contributed by atoms with Gasteiger partial charge in [-0.2, -0.15) is 0 Å². The fourth-order valence-corrected chi connectivity index (χ4v) is 7.70. The number of thiazole rings is 1. The van der Waals surface area contributed by atoms with Crippen molar-refractivity contribution in [2.75, 3.05) is 13.7 Å². The highest BCUT2D eigenvalue weighted by atomic mass is 79.9. The summed E-state index contributed by atoms with van der Waals surface area (Å²) in [5, 5.41) is 0. The number of carbonyl (C=O) groups excluding carboxylic acids is 1. The van der Waals surface area contributed by atoms with Crippen LogP contribution < -0.4 is 24.4 Å². The lowest BCUT2D eigenvalue weighted by Crippen LogP contribution is -2.40. The molecule has 2 heterocycles. The van der Waals surface area contributed by atoms with Crippen molar-refractivity contribution in [3.63, 3.8) is 0 Å². The van der Waals surface area contributed by atoms with Crippen LogP contribution in [0, 0.1) is 0 Å². The predicted molar refractivity (Wildman–Crippen MR) is 187 cm³/mol. The molecule has 1 atom stereocenters. The Morgan fingerprint density at radius 2 is 1.65 bits per heavy atom. The van der Waals surface area contributed by atoms with Gasteiger partial charge in [0, 0.05) is 5.56 Å². The van der Waals surface area contributed by atoms with E-state index in [0.717, 1.165) is 25.6 Å². The van der Waals surface area contributed by atoms with Crippen molar-refractivity contribution in [2.24, 2.45) is 4.99 Å². The van der Waals surface area contributed by atoms with E-state index in [2.05, 4.69) is 31.9 Å². The molecule has 0 radical (unpaired) electrons. The van der Waals surface area contributed by atoms with E-state index in [1.165, 1.54) is 11.3 Å². The zero-order valence-corrected chi connectivity index (χ0v) is 28.9. The van der Waals surface area contributed by atoms with Gasteiger partial charge in [0.1, 0.15) is 18.1 Å². The summed E-state index contributed by atoms with van der Waals surface area (Å²) < 4.78 is 20.7. The first kappa shape index (κ1) is 31.7. The first-order valence-corrected chi connectivity index (χ1v) is 16.9. The summed E-state index contributed by atoms with van der Waals surface area (Å²) in [6, 6.07) is 29.8. The maximum Gasteiger partial charge on any atom is 0.338 e. The van der Waals surface area contributed by atoms with Crippen molar-refractivity contribution in [1.82, 2.24) is 4.57 Å². The van der Waals surface area contributed by atoms with Crippen molar-refractivity contribution < 1.29 is 19.0 Å². The van der Waals surface area contributed by atoms with Crippen molar-refractivity contribution in [1.29, 1.82) is 0 Å². The maximum absolute atomic E-state index is 14.2. The van der Waals surface area contributed by atoms with Gasteiger partial charge in [0.2, 0.25) is 0 Å². The summed E-state index contributed by atoms with van der Waals surface area (Å²) in [5.41, 5.74) is 3.74. The number of ether oxygens (including phenoxy) is 3. The molecule has 0 saturated carbocycles. The number of rotatable bonds is 9. The van der Waals surface area contributed by atoms with Gasteiger partial charge >= 0.3 is 5.97 Å². The average Bonchev–Trinajstić information content (AvgIpc) is 3.38. The van der Waals surface area contributed by atoms with Crippen LogP contribution >= 0.6 is 43.2 Å². The van der Waals surface area contributed by atoms with Gasteiger partial charge in [0.25, 0.3) is 5.56 Å². The highest BCUT2D eigenvalue weighted by molar-refractivity contribution is 9.11. The van der Waals surface area contributed by atoms with Crippen molar-refractivity contribution in [3.8, 4) is 11.5 Å². The summed E-state index contributed by atoms with van der Waals surface area (Å²) in [4.78, 5) is 33.3. The Hall–Kier alpha value is -4.25. The number of benzene rings is 4. The molecular formula is C36H28Br2N2O5S. The molecule has 0 saturated heterocycles. The van der Waals surface area contributed by atoms with Gasteiger partial charge in [0.15, 0.2) is 4.80 Å². The third-order valence-corrected chi connectivity index (χ3v) is 9.49. The van der Waals surface area contributed by atoms with Crippen LogP contribution in [0.25, 0.3) is 11.8 Å². The van der Waals surface area contributed by atoms with E-state index in [0.29, 0.717) is 38.7 Å². The molecule has 1 aliphatic rings. The minimum Gasteiger partial charge on any atom is -0.497 e. The standard InChI is InChI=1S/C36H28Br2N2O5S/c1-3-44-35(42)30-31(24-13-8-5-9-14-24)39-36-40(32(30)25-15-10-16-26(20-25)43-2)34(41)29(46-36)19-23-17-27(37)33(28(38)18-23)45-21-22-11-6-4-7-12-22/h4-20,32H,3,21H2,1-2H3/b29-19-/t32-/m0/s1. The molecule has 4 aromatic carbocycles. The summed E-state index contributed by atoms with van der Waals surface area (Å²) in [6.45, 7) is 2.34. The number of fused-ring (bicyclic) bond motifs is 1. The normalized spacial score (nSPS) is 14.4. The van der Waals surface area contributed by atoms with E-state index >= 15 is 0 Å². The second-order valence-corrected chi connectivity index (χ2v) is 13.0. The fourth-order valence-electron chi connectivity index (χ4n) is 5.25. The van der Waals surface area contributed by atoms with Crippen LogP contribution in [0.15, 0.2) is 121 Å². The van der Waals surface area contributed by atoms with E-state index < -0.39 is 12.0 Å². The van der Waals surface area contributed by atoms with Gasteiger partial charge in [0.05, 0.1) is 44.5 Å². The highest BCUT2D eigenvalue weighted by Gasteiger charge is 2.35. The Labute approximate surface area is 286 Å². The number of methoxy groups -OCH3 is 1. The maximum atomic E-state index is 14.2. The van der Waals surface area contributed by atoms with Gasteiger partial charge in [-0.25, -0.2) is 9.79 Å². The first-order valence-electron chi connectivity index (χ1n) is 14.5. The largest absolute Gasteiger partial charge is 0.497 e. The molecule has 232 valence electrons. The van der Waals surface area contributed by atoms with E-state index in [1.54, 1.807) is 18.6 Å². The molecule has 7 nitrogen and oxygen atoms in total. The smallest absolute Gasteiger partial charge is 0.338 e. The predicted octanol–water partition coefficient (Wildman–Crippen LogP) is 7.05. The molecular weight excluding hydrogens is 732 g/mol. The third kappa shape index (κ3) is 6.51. The molecule has 0 bridgehead atoms. The zero-order chi connectivity index (χ0) is 32.2. The number of hydrogen-bond donors (Lipinski definition) is 0. The summed E-state index contributed by atoms with van der Waals surface area (Å²) in [5.74, 6) is 0.726. The molecule has 0 fully saturated rings. The summed E-state index contributed by atoms with van der Waals surface area (Å²) in [7, 11) is 1.58. The van der Waals surface area contributed by atoms with Crippen LogP contribution in [0.1, 0.15) is 35.2 Å². The molecule has 5 aromatic rings. The second kappa shape index (κ2) is 14.0. The zero-order valence-electron chi connectivity index (χ0n) is 24.9. The van der Waals surface area contributed by atoms with Crippen LogP contribution in [-0.4, -0.2) is 24.3 Å². The number of halogens is 2. The minimum absolute atomic E-state index is 0.175. The quantitative estimate of drug-likeness (QED) is 0.151. The van der Waals surface area contributed by atoms with Crippen molar-refractivity contribution in [3.05, 3.63) is 154 Å². The number of nitrogens with zero attached hydrogens (tertiary/aromatic N) is 2. The lowest BCUT2D eigenvalue weighted by molar-refractivity contribution is -0.138. The molecule has 1 aromatic heterocycles. The van der Waals surface area contributed by atoms with Crippen LogP contribution in [0.2, 0.25) is 0 Å². The lowest BCUT2D eigenvalue weighted by Gasteiger charge is -2.26. The molecule has 10 heteroatoms. The topological polar surface area (TPSA) is 79.1 Å². The molecule has 1 aliphatic heterocycles. The average molecular weight is 761 g/mol.